The van der Waals surface area contributed by atoms with Crippen molar-refractivity contribution < 1.29 is 31.8 Å². The van der Waals surface area contributed by atoms with Crippen LogP contribution in [0.15, 0.2) is 30.3 Å². The minimum Gasteiger partial charge on any atom is -0.425 e. The maximum absolute atomic E-state index is 11.3. The van der Waals surface area contributed by atoms with Crippen molar-refractivity contribution in [1.82, 2.24) is 0 Å². The molecule has 0 fully saturated rings. The molecule has 1 aromatic rings. The fourth-order valence-electron chi connectivity index (χ4n) is 0.980. The number of nitrogens with two attached hydrogens (primary N) is 2. The minimum atomic E-state index is -4.67. The van der Waals surface area contributed by atoms with Crippen molar-refractivity contribution in [1.29, 1.82) is 0 Å². The van der Waals surface area contributed by atoms with Crippen LogP contribution in [-0.4, -0.2) is 35.4 Å². The number of hydrogen-bond acceptors (Lipinski definition) is 6. The third-order valence-electron chi connectivity index (χ3n) is 1.69. The smallest absolute Gasteiger partial charge is 0.394 e. The Balaban J connectivity index is 0.000000621. The number of benzene rings is 1. The van der Waals surface area contributed by atoms with Crippen LogP contribution in [0.4, 0.5) is 0 Å². The van der Waals surface area contributed by atoms with Gasteiger partial charge in [0.2, 0.25) is 5.91 Å². The molecule has 0 saturated carbocycles. The molecule has 0 aliphatic rings. The van der Waals surface area contributed by atoms with Crippen LogP contribution in [-0.2, 0) is 20.0 Å². The Morgan fingerprint density at radius 3 is 2.05 bits per heavy atom. The topological polar surface area (TPSA) is 170 Å². The number of amides is 1. The van der Waals surface area contributed by atoms with Gasteiger partial charge in [0.15, 0.2) is 0 Å². The summed E-state index contributed by atoms with van der Waals surface area (Å²) in [4.78, 5) is 21.8. The standard InChI is InChI=1S/C10H12N2O3.H2O4S/c11-8(6-9(12)13)10(14)15-7-4-2-1-3-5-7;1-5(2,3)4/h1-5,8H,6,11H2,(H2,12,13);(H2,1,2,3,4)/t8-;/m0./s1. The van der Waals surface area contributed by atoms with Crippen LogP contribution in [0.25, 0.3) is 0 Å². The van der Waals surface area contributed by atoms with Gasteiger partial charge in [0.25, 0.3) is 0 Å². The van der Waals surface area contributed by atoms with Crippen molar-refractivity contribution in [3.63, 3.8) is 0 Å². The first kappa shape index (κ1) is 18.0. The second-order valence-electron chi connectivity index (χ2n) is 3.46. The quantitative estimate of drug-likeness (QED) is 0.316. The average molecular weight is 306 g/mol. The van der Waals surface area contributed by atoms with Gasteiger partial charge in [0.1, 0.15) is 11.8 Å². The molecule has 1 aromatic carbocycles. The third kappa shape index (κ3) is 11.1. The highest BCUT2D eigenvalue weighted by Gasteiger charge is 2.17. The van der Waals surface area contributed by atoms with E-state index >= 15 is 0 Å². The van der Waals surface area contributed by atoms with E-state index in [2.05, 4.69) is 0 Å². The van der Waals surface area contributed by atoms with Gasteiger partial charge in [-0.05, 0) is 12.1 Å². The van der Waals surface area contributed by atoms with Crippen LogP contribution in [0.1, 0.15) is 6.42 Å². The molecule has 0 spiro atoms. The minimum absolute atomic E-state index is 0.217. The fraction of sp³-hybridized carbons (Fsp3) is 0.200. The van der Waals surface area contributed by atoms with Crippen molar-refractivity contribution in [2.24, 2.45) is 11.5 Å². The largest absolute Gasteiger partial charge is 0.425 e. The van der Waals surface area contributed by atoms with E-state index in [-0.39, 0.29) is 6.42 Å². The van der Waals surface area contributed by atoms with E-state index in [9.17, 15) is 9.59 Å². The predicted octanol–water partition coefficient (Wildman–Crippen LogP) is -0.858. The number of hydrogen-bond donors (Lipinski definition) is 4. The highest BCUT2D eigenvalue weighted by molar-refractivity contribution is 7.79. The summed E-state index contributed by atoms with van der Waals surface area (Å²) in [6, 6.07) is 7.47. The average Bonchev–Trinajstić information content (AvgIpc) is 2.27. The number of para-hydroxylation sites is 1. The van der Waals surface area contributed by atoms with Gasteiger partial charge in [-0.2, -0.15) is 8.42 Å². The van der Waals surface area contributed by atoms with Crippen molar-refractivity contribution in [3.05, 3.63) is 30.3 Å². The summed E-state index contributed by atoms with van der Waals surface area (Å²) in [5.41, 5.74) is 10.3. The molecule has 20 heavy (non-hydrogen) atoms. The Labute approximate surface area is 115 Å². The summed E-state index contributed by atoms with van der Waals surface area (Å²) >= 11 is 0. The Hall–Kier alpha value is -2.01. The lowest BCUT2D eigenvalue weighted by Gasteiger charge is -2.08. The molecule has 0 heterocycles. The van der Waals surface area contributed by atoms with Crippen LogP contribution in [0.5, 0.6) is 5.75 Å². The number of carbonyl (C=O) groups excluding carboxylic acids is 2. The number of rotatable bonds is 4. The molecule has 1 amide bonds. The van der Waals surface area contributed by atoms with Gasteiger partial charge in [-0.15, -0.1) is 0 Å². The molecule has 0 aliphatic heterocycles. The number of primary amides is 1. The fourth-order valence-corrected chi connectivity index (χ4v) is 0.980. The first-order valence-electron chi connectivity index (χ1n) is 5.10. The molecular formula is C10H14N2O7S. The van der Waals surface area contributed by atoms with E-state index in [1.165, 1.54) is 0 Å². The molecule has 0 bridgehead atoms. The summed E-state index contributed by atoms with van der Waals surface area (Å²) in [7, 11) is -4.67. The zero-order valence-electron chi connectivity index (χ0n) is 10.2. The van der Waals surface area contributed by atoms with E-state index in [0.717, 1.165) is 0 Å². The molecule has 112 valence electrons. The predicted molar refractivity (Wildman–Crippen MR) is 68.0 cm³/mol. The van der Waals surface area contributed by atoms with Crippen molar-refractivity contribution in [2.75, 3.05) is 0 Å². The molecule has 1 atom stereocenters. The molecule has 0 aliphatic carbocycles. The van der Waals surface area contributed by atoms with Crippen LogP contribution in [0, 0.1) is 0 Å². The van der Waals surface area contributed by atoms with Gasteiger partial charge in [0.05, 0.1) is 6.42 Å². The highest BCUT2D eigenvalue weighted by Crippen LogP contribution is 2.09. The van der Waals surface area contributed by atoms with Crippen molar-refractivity contribution >= 4 is 22.3 Å². The monoisotopic (exact) mass is 306 g/mol. The van der Waals surface area contributed by atoms with Gasteiger partial charge >= 0.3 is 16.4 Å². The van der Waals surface area contributed by atoms with Gasteiger partial charge in [-0.1, -0.05) is 18.2 Å². The molecule has 10 heteroatoms. The Morgan fingerprint density at radius 2 is 1.65 bits per heavy atom. The third-order valence-corrected chi connectivity index (χ3v) is 1.69. The molecule has 0 saturated heterocycles. The number of esters is 1. The number of ether oxygens (including phenoxy) is 1. The van der Waals surface area contributed by atoms with Crippen molar-refractivity contribution in [3.8, 4) is 5.75 Å². The molecule has 1 rings (SSSR count). The number of carbonyl (C=O) groups is 2. The maximum atomic E-state index is 11.3. The second kappa shape index (κ2) is 8.22. The summed E-state index contributed by atoms with van der Waals surface area (Å²) in [5.74, 6) is -0.907. The Kier molecular flexibility index (Phi) is 7.39. The highest BCUT2D eigenvalue weighted by atomic mass is 32.3. The van der Waals surface area contributed by atoms with E-state index in [1.807, 2.05) is 0 Å². The molecule has 6 N–H and O–H groups in total. The van der Waals surface area contributed by atoms with Gasteiger partial charge in [0, 0.05) is 0 Å². The lowest BCUT2D eigenvalue weighted by Crippen LogP contribution is -2.37. The Morgan fingerprint density at radius 1 is 1.20 bits per heavy atom. The molecule has 0 radical (unpaired) electrons. The molecule has 9 nitrogen and oxygen atoms in total. The summed E-state index contributed by atoms with van der Waals surface area (Å²) in [6.07, 6.45) is -0.217. The normalized spacial score (nSPS) is 11.8. The first-order valence-corrected chi connectivity index (χ1v) is 6.50. The van der Waals surface area contributed by atoms with E-state index in [0.29, 0.717) is 5.75 Å². The molecule has 0 aromatic heterocycles. The van der Waals surface area contributed by atoms with Crippen LogP contribution in [0.2, 0.25) is 0 Å². The zero-order valence-corrected chi connectivity index (χ0v) is 11.0. The summed E-state index contributed by atoms with van der Waals surface area (Å²) < 4.78 is 36.5. The first-order chi connectivity index (χ1) is 9.09. The molecule has 0 unspecified atom stereocenters. The van der Waals surface area contributed by atoms with Crippen LogP contribution in [0.3, 0.4) is 0 Å². The van der Waals surface area contributed by atoms with Gasteiger partial charge < -0.3 is 16.2 Å². The maximum Gasteiger partial charge on any atom is 0.394 e. The summed E-state index contributed by atoms with van der Waals surface area (Å²) in [6.45, 7) is 0. The molecular weight excluding hydrogens is 292 g/mol. The van der Waals surface area contributed by atoms with Crippen molar-refractivity contribution in [2.45, 2.75) is 12.5 Å². The van der Waals surface area contributed by atoms with Gasteiger partial charge in [-0.3, -0.25) is 13.9 Å². The summed E-state index contributed by atoms with van der Waals surface area (Å²) in [5, 5.41) is 0. The van der Waals surface area contributed by atoms with E-state index < -0.39 is 28.3 Å². The van der Waals surface area contributed by atoms with E-state index in [4.69, 9.17) is 33.7 Å². The Bertz CT molecular complexity index is 536. The van der Waals surface area contributed by atoms with E-state index in [1.54, 1.807) is 30.3 Å². The zero-order chi connectivity index (χ0) is 15.8. The lowest BCUT2D eigenvalue weighted by molar-refractivity contribution is -0.137. The van der Waals surface area contributed by atoms with Gasteiger partial charge in [-0.25, -0.2) is 4.79 Å². The lowest BCUT2D eigenvalue weighted by atomic mass is 10.2. The SMILES string of the molecule is NC(=O)C[C@H](N)C(=O)Oc1ccccc1.O=S(=O)(O)O. The van der Waals surface area contributed by atoms with Crippen LogP contribution < -0.4 is 16.2 Å². The second-order valence-corrected chi connectivity index (χ2v) is 4.35. The van der Waals surface area contributed by atoms with Crippen LogP contribution >= 0.6 is 0 Å².